The molecule has 4 nitrogen and oxygen atoms in total. The summed E-state index contributed by atoms with van der Waals surface area (Å²) in [6.45, 7) is 3.67. The predicted octanol–water partition coefficient (Wildman–Crippen LogP) is 2.66. The number of hydrogen-bond donors (Lipinski definition) is 1. The van der Waals surface area contributed by atoms with Gasteiger partial charge in [0.25, 0.3) is 0 Å². The first kappa shape index (κ1) is 12.4. The van der Waals surface area contributed by atoms with Gasteiger partial charge in [0.05, 0.1) is 17.6 Å². The van der Waals surface area contributed by atoms with E-state index in [0.717, 1.165) is 28.7 Å². The van der Waals surface area contributed by atoms with Crippen LogP contribution in [0.25, 0.3) is 11.0 Å². The molecule has 0 saturated heterocycles. The molecule has 1 atom stereocenters. The van der Waals surface area contributed by atoms with Crippen molar-refractivity contribution in [1.29, 1.82) is 0 Å². The van der Waals surface area contributed by atoms with Gasteiger partial charge in [0.1, 0.15) is 0 Å². The molecular weight excluding hydrogens is 282 g/mol. The van der Waals surface area contributed by atoms with Gasteiger partial charge in [-0.05, 0) is 24.1 Å². The monoisotopic (exact) mass is 297 g/mol. The van der Waals surface area contributed by atoms with Crippen molar-refractivity contribution in [3.63, 3.8) is 0 Å². The number of nitrogens with zero attached hydrogens (tertiary/aromatic N) is 2. The van der Waals surface area contributed by atoms with E-state index in [1.54, 1.807) is 7.11 Å². The Balaban J connectivity index is 2.36. The van der Waals surface area contributed by atoms with Gasteiger partial charge in [-0.3, -0.25) is 0 Å². The molecule has 17 heavy (non-hydrogen) atoms. The second-order valence-corrected chi connectivity index (χ2v) is 5.19. The number of rotatable bonds is 4. The molecule has 0 aliphatic carbocycles. The smallest absolute Gasteiger partial charge is 0.201 e. The number of hydrogen-bond acceptors (Lipinski definition) is 3. The Morgan fingerprint density at radius 1 is 1.53 bits per heavy atom. The summed E-state index contributed by atoms with van der Waals surface area (Å²) in [7, 11) is 1.71. The Bertz CT molecular complexity index is 524. The van der Waals surface area contributed by atoms with Crippen LogP contribution in [0.1, 0.15) is 6.92 Å². The molecular formula is C12H16BrN3O. The molecule has 2 N–H and O–H groups in total. The molecule has 0 aliphatic rings. The van der Waals surface area contributed by atoms with Crippen LogP contribution >= 0.6 is 15.9 Å². The van der Waals surface area contributed by atoms with E-state index in [0.29, 0.717) is 11.9 Å². The fraction of sp³-hybridized carbons (Fsp3) is 0.417. The summed E-state index contributed by atoms with van der Waals surface area (Å²) in [5, 5.41) is 0. The Hall–Kier alpha value is -1.07. The van der Waals surface area contributed by atoms with Crippen LogP contribution in [-0.4, -0.2) is 23.3 Å². The van der Waals surface area contributed by atoms with Gasteiger partial charge in [-0.15, -0.1) is 0 Å². The number of halogens is 1. The third-order valence-electron chi connectivity index (χ3n) is 2.69. The van der Waals surface area contributed by atoms with Crippen molar-refractivity contribution in [3.8, 4) is 0 Å². The lowest BCUT2D eigenvalue weighted by molar-refractivity contribution is 0.152. The van der Waals surface area contributed by atoms with Gasteiger partial charge >= 0.3 is 0 Å². The fourth-order valence-electron chi connectivity index (χ4n) is 1.96. The number of aromatic nitrogens is 2. The number of fused-ring (bicyclic) bond motifs is 1. The third kappa shape index (κ3) is 2.61. The zero-order valence-corrected chi connectivity index (χ0v) is 11.6. The SMILES string of the molecule is COCC(C)Cn1c(N)nc2cc(Br)ccc21. The molecule has 0 aliphatic heterocycles. The Morgan fingerprint density at radius 3 is 3.00 bits per heavy atom. The number of methoxy groups -OCH3 is 1. The summed E-state index contributed by atoms with van der Waals surface area (Å²) >= 11 is 3.43. The summed E-state index contributed by atoms with van der Waals surface area (Å²) < 4.78 is 8.19. The molecule has 1 aromatic heterocycles. The van der Waals surface area contributed by atoms with E-state index in [4.69, 9.17) is 10.5 Å². The van der Waals surface area contributed by atoms with Gasteiger partial charge in [0.2, 0.25) is 5.95 Å². The molecule has 2 aromatic rings. The number of nitrogen functional groups attached to an aromatic ring is 1. The molecule has 0 amide bonds. The van der Waals surface area contributed by atoms with Gasteiger partial charge in [0, 0.05) is 18.1 Å². The largest absolute Gasteiger partial charge is 0.384 e. The first-order chi connectivity index (χ1) is 8.11. The van der Waals surface area contributed by atoms with Gasteiger partial charge < -0.3 is 15.0 Å². The minimum absolute atomic E-state index is 0.406. The Morgan fingerprint density at radius 2 is 2.29 bits per heavy atom. The molecule has 0 radical (unpaired) electrons. The summed E-state index contributed by atoms with van der Waals surface area (Å²) in [4.78, 5) is 4.36. The van der Waals surface area contributed by atoms with E-state index in [-0.39, 0.29) is 0 Å². The maximum Gasteiger partial charge on any atom is 0.201 e. The fourth-order valence-corrected chi connectivity index (χ4v) is 2.31. The van der Waals surface area contributed by atoms with Crippen molar-refractivity contribution in [1.82, 2.24) is 9.55 Å². The number of imidazole rings is 1. The first-order valence-electron chi connectivity index (χ1n) is 5.52. The average Bonchev–Trinajstić information content (AvgIpc) is 2.55. The van der Waals surface area contributed by atoms with Gasteiger partial charge in [0.15, 0.2) is 0 Å². The molecule has 1 aromatic carbocycles. The van der Waals surface area contributed by atoms with Crippen LogP contribution in [0, 0.1) is 5.92 Å². The van der Waals surface area contributed by atoms with Gasteiger partial charge in [-0.2, -0.15) is 0 Å². The third-order valence-corrected chi connectivity index (χ3v) is 3.18. The van der Waals surface area contributed by atoms with Crippen LogP contribution in [-0.2, 0) is 11.3 Å². The highest BCUT2D eigenvalue weighted by atomic mass is 79.9. The van der Waals surface area contributed by atoms with E-state index in [1.807, 2.05) is 22.8 Å². The van der Waals surface area contributed by atoms with Crippen LogP contribution < -0.4 is 5.73 Å². The molecule has 1 heterocycles. The Labute approximate surface area is 109 Å². The quantitative estimate of drug-likeness (QED) is 0.944. The summed E-state index contributed by atoms with van der Waals surface area (Å²) in [6.07, 6.45) is 0. The lowest BCUT2D eigenvalue weighted by atomic mass is 10.2. The second kappa shape index (κ2) is 5.06. The van der Waals surface area contributed by atoms with Crippen molar-refractivity contribution in [3.05, 3.63) is 22.7 Å². The zero-order valence-electron chi connectivity index (χ0n) is 9.98. The zero-order chi connectivity index (χ0) is 12.4. The van der Waals surface area contributed by atoms with E-state index in [2.05, 4.69) is 27.8 Å². The normalized spacial score (nSPS) is 13.1. The molecule has 0 spiro atoms. The topological polar surface area (TPSA) is 53.1 Å². The minimum Gasteiger partial charge on any atom is -0.384 e. The summed E-state index contributed by atoms with van der Waals surface area (Å²) in [5.41, 5.74) is 7.93. The molecule has 0 saturated carbocycles. The highest BCUT2D eigenvalue weighted by Crippen LogP contribution is 2.22. The van der Waals surface area contributed by atoms with E-state index < -0.39 is 0 Å². The van der Waals surface area contributed by atoms with Crippen LogP contribution in [0.2, 0.25) is 0 Å². The van der Waals surface area contributed by atoms with Crippen LogP contribution in [0.5, 0.6) is 0 Å². The maximum absolute atomic E-state index is 5.94. The standard InChI is InChI=1S/C12H16BrN3O/c1-8(7-17-2)6-16-11-4-3-9(13)5-10(11)15-12(16)14/h3-5,8H,6-7H2,1-2H3,(H2,14,15). The number of benzene rings is 1. The lowest BCUT2D eigenvalue weighted by Crippen LogP contribution is -2.14. The minimum atomic E-state index is 0.406. The molecule has 5 heteroatoms. The van der Waals surface area contributed by atoms with Crippen molar-refractivity contribution in [2.75, 3.05) is 19.5 Å². The summed E-state index contributed by atoms with van der Waals surface area (Å²) in [6, 6.07) is 6.01. The van der Waals surface area contributed by atoms with Crippen molar-refractivity contribution >= 4 is 32.9 Å². The molecule has 0 fully saturated rings. The highest BCUT2D eigenvalue weighted by molar-refractivity contribution is 9.10. The molecule has 92 valence electrons. The van der Waals surface area contributed by atoms with Gasteiger partial charge in [-0.1, -0.05) is 22.9 Å². The van der Waals surface area contributed by atoms with Crippen LogP contribution in [0.15, 0.2) is 22.7 Å². The Kier molecular flexibility index (Phi) is 3.69. The molecule has 0 bridgehead atoms. The van der Waals surface area contributed by atoms with Crippen molar-refractivity contribution in [2.24, 2.45) is 5.92 Å². The van der Waals surface area contributed by atoms with Crippen LogP contribution in [0.4, 0.5) is 5.95 Å². The van der Waals surface area contributed by atoms with E-state index >= 15 is 0 Å². The predicted molar refractivity (Wildman–Crippen MR) is 72.9 cm³/mol. The first-order valence-corrected chi connectivity index (χ1v) is 6.31. The van der Waals surface area contributed by atoms with Crippen LogP contribution in [0.3, 0.4) is 0 Å². The summed E-state index contributed by atoms with van der Waals surface area (Å²) in [5.74, 6) is 0.962. The van der Waals surface area contributed by atoms with E-state index in [1.165, 1.54) is 0 Å². The number of ether oxygens (including phenoxy) is 1. The maximum atomic E-state index is 5.94. The number of nitrogens with two attached hydrogens (primary N) is 1. The number of anilines is 1. The average molecular weight is 298 g/mol. The van der Waals surface area contributed by atoms with Crippen molar-refractivity contribution in [2.45, 2.75) is 13.5 Å². The second-order valence-electron chi connectivity index (χ2n) is 4.27. The molecule has 1 unspecified atom stereocenters. The van der Waals surface area contributed by atoms with Crippen molar-refractivity contribution < 1.29 is 4.74 Å². The lowest BCUT2D eigenvalue weighted by Gasteiger charge is -2.12. The molecule has 2 rings (SSSR count). The highest BCUT2D eigenvalue weighted by Gasteiger charge is 2.11. The van der Waals surface area contributed by atoms with Gasteiger partial charge in [-0.25, -0.2) is 4.98 Å². The van der Waals surface area contributed by atoms with E-state index in [9.17, 15) is 0 Å².